The zero-order chi connectivity index (χ0) is 19.4. The van der Waals surface area contributed by atoms with E-state index in [-0.39, 0.29) is 23.3 Å². The maximum atomic E-state index is 12.1. The van der Waals surface area contributed by atoms with Gasteiger partial charge in [-0.2, -0.15) is 0 Å². The lowest BCUT2D eigenvalue weighted by Crippen LogP contribution is -2.32. The summed E-state index contributed by atoms with van der Waals surface area (Å²) in [6.07, 6.45) is 0. The molecule has 0 aliphatic heterocycles. The van der Waals surface area contributed by atoms with Crippen molar-refractivity contribution in [1.82, 2.24) is 5.32 Å². The fourth-order valence-electron chi connectivity index (χ4n) is 2.50. The number of aromatic hydroxyl groups is 1. The molecule has 3 rings (SSSR count). The standard InChI is InChI=1S/C19H15NO7/c21-14(22)9-20-18(24)16-17(23)15-12(7-4-8-13(15)27-19(16)25)26-10-11-5-2-1-3-6-11/h1-8,23H,9-10H2,(H,20,24)(H,21,22). The van der Waals surface area contributed by atoms with Crippen molar-refractivity contribution >= 4 is 22.8 Å². The lowest BCUT2D eigenvalue weighted by molar-refractivity contribution is -0.135. The molecular weight excluding hydrogens is 354 g/mol. The van der Waals surface area contributed by atoms with Gasteiger partial charge < -0.3 is 24.7 Å². The molecule has 2 aromatic carbocycles. The highest BCUT2D eigenvalue weighted by Crippen LogP contribution is 2.34. The van der Waals surface area contributed by atoms with E-state index in [1.165, 1.54) is 6.07 Å². The van der Waals surface area contributed by atoms with Gasteiger partial charge in [-0.25, -0.2) is 4.79 Å². The van der Waals surface area contributed by atoms with E-state index >= 15 is 0 Å². The van der Waals surface area contributed by atoms with Crippen LogP contribution in [-0.4, -0.2) is 28.6 Å². The van der Waals surface area contributed by atoms with Crippen molar-refractivity contribution in [3.63, 3.8) is 0 Å². The molecule has 8 nitrogen and oxygen atoms in total. The number of rotatable bonds is 6. The smallest absolute Gasteiger partial charge is 0.353 e. The topological polar surface area (TPSA) is 126 Å². The number of nitrogens with one attached hydrogen (secondary N) is 1. The number of carbonyl (C=O) groups excluding carboxylic acids is 1. The number of carbonyl (C=O) groups is 2. The van der Waals surface area contributed by atoms with Crippen LogP contribution in [0.2, 0.25) is 0 Å². The van der Waals surface area contributed by atoms with Crippen molar-refractivity contribution in [2.75, 3.05) is 6.54 Å². The molecule has 27 heavy (non-hydrogen) atoms. The van der Waals surface area contributed by atoms with E-state index in [0.717, 1.165) is 5.56 Å². The molecule has 0 unspecified atom stereocenters. The average molecular weight is 369 g/mol. The van der Waals surface area contributed by atoms with Crippen LogP contribution in [0.1, 0.15) is 15.9 Å². The van der Waals surface area contributed by atoms with Gasteiger partial charge in [0, 0.05) is 0 Å². The fraction of sp³-hybridized carbons (Fsp3) is 0.105. The second-order valence-electron chi connectivity index (χ2n) is 5.59. The molecule has 0 spiro atoms. The first-order chi connectivity index (χ1) is 13.0. The number of aliphatic carboxylic acids is 1. The van der Waals surface area contributed by atoms with Crippen LogP contribution in [0.3, 0.4) is 0 Å². The summed E-state index contributed by atoms with van der Waals surface area (Å²) < 4.78 is 10.8. The predicted octanol–water partition coefficient (Wildman–Crippen LogP) is 1.89. The van der Waals surface area contributed by atoms with Crippen molar-refractivity contribution in [3.05, 3.63) is 70.1 Å². The Balaban J connectivity index is 2.00. The van der Waals surface area contributed by atoms with Crippen LogP contribution < -0.4 is 15.7 Å². The summed E-state index contributed by atoms with van der Waals surface area (Å²) in [5, 5.41) is 21.2. The molecule has 0 fully saturated rings. The van der Waals surface area contributed by atoms with Crippen LogP contribution in [0.15, 0.2) is 57.7 Å². The molecule has 138 valence electrons. The van der Waals surface area contributed by atoms with Crippen LogP contribution in [-0.2, 0) is 11.4 Å². The van der Waals surface area contributed by atoms with Crippen molar-refractivity contribution < 1.29 is 29.0 Å². The second-order valence-corrected chi connectivity index (χ2v) is 5.59. The molecule has 3 N–H and O–H groups in total. The first kappa shape index (κ1) is 18.0. The molecule has 1 amide bonds. The van der Waals surface area contributed by atoms with E-state index in [1.807, 2.05) is 35.6 Å². The number of benzene rings is 2. The van der Waals surface area contributed by atoms with Crippen LogP contribution in [0.4, 0.5) is 0 Å². The Morgan fingerprint density at radius 3 is 2.52 bits per heavy atom. The minimum atomic E-state index is -1.29. The number of ether oxygens (including phenoxy) is 1. The largest absolute Gasteiger partial charge is 0.506 e. The molecule has 0 aliphatic rings. The number of amides is 1. The van der Waals surface area contributed by atoms with E-state index in [9.17, 15) is 19.5 Å². The number of fused-ring (bicyclic) bond motifs is 1. The molecule has 0 saturated heterocycles. The monoisotopic (exact) mass is 369 g/mol. The highest BCUT2D eigenvalue weighted by atomic mass is 16.5. The predicted molar refractivity (Wildman–Crippen MR) is 94.9 cm³/mol. The molecule has 1 heterocycles. The average Bonchev–Trinajstić information content (AvgIpc) is 2.65. The molecule has 3 aromatic rings. The summed E-state index contributed by atoms with van der Waals surface area (Å²) >= 11 is 0. The minimum absolute atomic E-state index is 0.0397. The van der Waals surface area contributed by atoms with Gasteiger partial charge in [0.1, 0.15) is 29.9 Å². The molecule has 8 heteroatoms. The normalized spacial score (nSPS) is 10.5. The zero-order valence-corrected chi connectivity index (χ0v) is 14.0. The van der Waals surface area contributed by atoms with Crippen LogP contribution in [0, 0.1) is 0 Å². The lowest BCUT2D eigenvalue weighted by Gasteiger charge is -2.11. The lowest BCUT2D eigenvalue weighted by atomic mass is 10.1. The molecule has 0 bridgehead atoms. The Bertz CT molecular complexity index is 1060. The van der Waals surface area contributed by atoms with Gasteiger partial charge in [0.2, 0.25) is 0 Å². The summed E-state index contributed by atoms with van der Waals surface area (Å²) in [5.74, 6) is -2.76. The quantitative estimate of drug-likeness (QED) is 0.566. The van der Waals surface area contributed by atoms with Gasteiger partial charge in [0.25, 0.3) is 5.91 Å². The van der Waals surface area contributed by atoms with Crippen molar-refractivity contribution in [2.45, 2.75) is 6.61 Å². The number of hydrogen-bond donors (Lipinski definition) is 3. The first-order valence-corrected chi connectivity index (χ1v) is 7.93. The SMILES string of the molecule is O=C(O)CNC(=O)c1c(O)c2c(OCc3ccccc3)cccc2oc1=O. The third-order valence-corrected chi connectivity index (χ3v) is 3.73. The van der Waals surface area contributed by atoms with Gasteiger partial charge in [-0.1, -0.05) is 36.4 Å². The summed E-state index contributed by atoms with van der Waals surface area (Å²) in [6, 6.07) is 13.9. The third-order valence-electron chi connectivity index (χ3n) is 3.73. The van der Waals surface area contributed by atoms with Gasteiger partial charge in [0.15, 0.2) is 11.3 Å². The van der Waals surface area contributed by atoms with Crippen LogP contribution in [0.25, 0.3) is 11.0 Å². The highest BCUT2D eigenvalue weighted by Gasteiger charge is 2.23. The van der Waals surface area contributed by atoms with E-state index in [1.54, 1.807) is 12.1 Å². The van der Waals surface area contributed by atoms with Gasteiger partial charge in [-0.05, 0) is 17.7 Å². The van der Waals surface area contributed by atoms with Crippen LogP contribution in [0.5, 0.6) is 11.5 Å². The Labute approximate surface area is 152 Å². The summed E-state index contributed by atoms with van der Waals surface area (Å²) in [7, 11) is 0. The Kier molecular flexibility index (Phi) is 5.07. The van der Waals surface area contributed by atoms with Gasteiger partial charge in [0.05, 0.1) is 0 Å². The summed E-state index contributed by atoms with van der Waals surface area (Å²) in [5.41, 5.74) is -0.841. The van der Waals surface area contributed by atoms with Crippen molar-refractivity contribution in [1.29, 1.82) is 0 Å². The molecular formula is C19H15NO7. The van der Waals surface area contributed by atoms with Gasteiger partial charge >= 0.3 is 11.6 Å². The van der Waals surface area contributed by atoms with Crippen molar-refractivity contribution in [3.8, 4) is 11.5 Å². The Morgan fingerprint density at radius 2 is 1.81 bits per heavy atom. The zero-order valence-electron chi connectivity index (χ0n) is 14.0. The van der Waals surface area contributed by atoms with Gasteiger partial charge in [-0.15, -0.1) is 0 Å². The number of carboxylic acids is 1. The molecule has 1 aromatic heterocycles. The molecule has 0 atom stereocenters. The second kappa shape index (κ2) is 7.61. The third kappa shape index (κ3) is 3.90. The number of carboxylic acid groups (broad SMARTS) is 1. The van der Waals surface area contributed by atoms with E-state index in [0.29, 0.717) is 0 Å². The number of hydrogen-bond acceptors (Lipinski definition) is 6. The van der Waals surface area contributed by atoms with Gasteiger partial charge in [-0.3, -0.25) is 9.59 Å². The molecule has 0 saturated carbocycles. The summed E-state index contributed by atoms with van der Waals surface area (Å²) in [6.45, 7) is -0.513. The minimum Gasteiger partial charge on any atom is -0.506 e. The maximum Gasteiger partial charge on any atom is 0.353 e. The Morgan fingerprint density at radius 1 is 1.07 bits per heavy atom. The Hall–Kier alpha value is -3.81. The highest BCUT2D eigenvalue weighted by molar-refractivity contribution is 6.03. The molecule has 0 aliphatic carbocycles. The summed E-state index contributed by atoms with van der Waals surface area (Å²) in [4.78, 5) is 34.7. The molecule has 0 radical (unpaired) electrons. The fourth-order valence-corrected chi connectivity index (χ4v) is 2.50. The van der Waals surface area contributed by atoms with E-state index in [2.05, 4.69) is 0 Å². The van der Waals surface area contributed by atoms with E-state index < -0.39 is 35.4 Å². The maximum absolute atomic E-state index is 12.1. The van der Waals surface area contributed by atoms with E-state index in [4.69, 9.17) is 14.3 Å². The van der Waals surface area contributed by atoms with Crippen LogP contribution >= 0.6 is 0 Å². The van der Waals surface area contributed by atoms with Crippen molar-refractivity contribution in [2.24, 2.45) is 0 Å². The first-order valence-electron chi connectivity index (χ1n) is 7.93.